The highest BCUT2D eigenvalue weighted by Crippen LogP contribution is 2.28. The second kappa shape index (κ2) is 4.49. The fourth-order valence-corrected chi connectivity index (χ4v) is 2.38. The molecule has 0 saturated carbocycles. The first kappa shape index (κ1) is 12.4. The SMILES string of the molecule is Cc1ccc(CN2C(=O)c3cccc(N)c3C2=O)cc1. The molecule has 1 aliphatic rings. The largest absolute Gasteiger partial charge is 0.398 e. The Kier molecular flexibility index (Phi) is 2.79. The molecule has 2 N–H and O–H groups in total. The van der Waals surface area contributed by atoms with Gasteiger partial charge in [-0.3, -0.25) is 14.5 Å². The second-order valence-corrected chi connectivity index (χ2v) is 4.95. The predicted molar refractivity (Wildman–Crippen MR) is 76.2 cm³/mol. The van der Waals surface area contributed by atoms with Crippen LogP contribution in [0.4, 0.5) is 5.69 Å². The molecule has 0 fully saturated rings. The van der Waals surface area contributed by atoms with Gasteiger partial charge in [-0.15, -0.1) is 0 Å². The predicted octanol–water partition coefficient (Wildman–Crippen LogP) is 2.37. The number of nitrogens with two attached hydrogens (primary N) is 1. The summed E-state index contributed by atoms with van der Waals surface area (Å²) in [7, 11) is 0. The van der Waals surface area contributed by atoms with Crippen molar-refractivity contribution in [2.45, 2.75) is 13.5 Å². The second-order valence-electron chi connectivity index (χ2n) is 4.95. The van der Waals surface area contributed by atoms with E-state index in [1.807, 2.05) is 31.2 Å². The molecule has 3 rings (SSSR count). The molecular weight excluding hydrogens is 252 g/mol. The average molecular weight is 266 g/mol. The van der Waals surface area contributed by atoms with Crippen molar-refractivity contribution in [1.82, 2.24) is 4.90 Å². The van der Waals surface area contributed by atoms with Crippen LogP contribution in [-0.2, 0) is 6.54 Å². The summed E-state index contributed by atoms with van der Waals surface area (Å²) in [6, 6.07) is 12.7. The fourth-order valence-electron chi connectivity index (χ4n) is 2.38. The number of carbonyl (C=O) groups excluding carboxylic acids is 2. The van der Waals surface area contributed by atoms with Gasteiger partial charge in [-0.25, -0.2) is 0 Å². The molecule has 0 radical (unpaired) electrons. The number of amides is 2. The number of fused-ring (bicyclic) bond motifs is 1. The molecule has 1 heterocycles. The number of hydrogen-bond acceptors (Lipinski definition) is 3. The summed E-state index contributed by atoms with van der Waals surface area (Å²) in [6.07, 6.45) is 0. The first-order chi connectivity index (χ1) is 9.58. The zero-order valence-electron chi connectivity index (χ0n) is 11.1. The van der Waals surface area contributed by atoms with E-state index >= 15 is 0 Å². The van der Waals surface area contributed by atoms with Crippen molar-refractivity contribution in [3.63, 3.8) is 0 Å². The molecule has 2 amide bonds. The number of benzene rings is 2. The van der Waals surface area contributed by atoms with Gasteiger partial charge in [-0.1, -0.05) is 35.9 Å². The summed E-state index contributed by atoms with van der Waals surface area (Å²) in [5.41, 5.74) is 8.93. The number of imide groups is 1. The Morgan fingerprint density at radius 2 is 1.70 bits per heavy atom. The molecule has 1 aliphatic heterocycles. The van der Waals surface area contributed by atoms with Crippen LogP contribution in [0.15, 0.2) is 42.5 Å². The standard InChI is InChI=1S/C16H14N2O2/c1-10-5-7-11(8-6-10)9-18-15(19)12-3-2-4-13(17)14(12)16(18)20/h2-8H,9,17H2,1H3. The number of carbonyl (C=O) groups is 2. The lowest BCUT2D eigenvalue weighted by Crippen LogP contribution is -2.29. The molecule has 0 saturated heterocycles. The van der Waals surface area contributed by atoms with E-state index in [0.717, 1.165) is 11.1 Å². The first-order valence-corrected chi connectivity index (χ1v) is 6.38. The van der Waals surface area contributed by atoms with Crippen LogP contribution < -0.4 is 5.73 Å². The van der Waals surface area contributed by atoms with Crippen LogP contribution in [0.1, 0.15) is 31.8 Å². The zero-order chi connectivity index (χ0) is 14.3. The van der Waals surface area contributed by atoms with E-state index in [1.165, 1.54) is 4.90 Å². The maximum atomic E-state index is 12.3. The van der Waals surface area contributed by atoms with Gasteiger partial charge >= 0.3 is 0 Å². The maximum Gasteiger partial charge on any atom is 0.263 e. The van der Waals surface area contributed by atoms with Gasteiger partial charge in [0.15, 0.2) is 0 Å². The number of anilines is 1. The first-order valence-electron chi connectivity index (χ1n) is 6.38. The molecule has 0 atom stereocenters. The van der Waals surface area contributed by atoms with Crippen LogP contribution in [0, 0.1) is 6.92 Å². The van der Waals surface area contributed by atoms with Crippen LogP contribution in [0.3, 0.4) is 0 Å². The zero-order valence-corrected chi connectivity index (χ0v) is 11.1. The van der Waals surface area contributed by atoms with E-state index in [0.29, 0.717) is 16.8 Å². The summed E-state index contributed by atoms with van der Waals surface area (Å²) < 4.78 is 0. The Hall–Kier alpha value is -2.62. The Balaban J connectivity index is 1.94. The van der Waals surface area contributed by atoms with Crippen LogP contribution in [0.2, 0.25) is 0 Å². The highest BCUT2D eigenvalue weighted by atomic mass is 16.2. The number of nitrogen functional groups attached to an aromatic ring is 1. The van der Waals surface area contributed by atoms with E-state index in [-0.39, 0.29) is 18.4 Å². The smallest absolute Gasteiger partial charge is 0.263 e. The molecule has 20 heavy (non-hydrogen) atoms. The van der Waals surface area contributed by atoms with E-state index in [1.54, 1.807) is 18.2 Å². The summed E-state index contributed by atoms with van der Waals surface area (Å²) >= 11 is 0. The van der Waals surface area contributed by atoms with E-state index < -0.39 is 0 Å². The van der Waals surface area contributed by atoms with Gasteiger partial charge in [0, 0.05) is 5.69 Å². The molecule has 4 heteroatoms. The minimum atomic E-state index is -0.316. The highest BCUT2D eigenvalue weighted by Gasteiger charge is 2.36. The lowest BCUT2D eigenvalue weighted by molar-refractivity contribution is 0.0642. The van der Waals surface area contributed by atoms with Gasteiger partial charge in [-0.2, -0.15) is 0 Å². The molecule has 0 aromatic heterocycles. The van der Waals surface area contributed by atoms with Gasteiger partial charge < -0.3 is 5.73 Å². The number of nitrogens with zero attached hydrogens (tertiary/aromatic N) is 1. The minimum Gasteiger partial charge on any atom is -0.398 e. The van der Waals surface area contributed by atoms with Crippen molar-refractivity contribution in [1.29, 1.82) is 0 Å². The Morgan fingerprint density at radius 3 is 2.35 bits per heavy atom. The van der Waals surface area contributed by atoms with Gasteiger partial charge in [0.1, 0.15) is 0 Å². The van der Waals surface area contributed by atoms with Crippen molar-refractivity contribution < 1.29 is 9.59 Å². The molecule has 0 unspecified atom stereocenters. The quantitative estimate of drug-likeness (QED) is 0.670. The third kappa shape index (κ3) is 1.86. The van der Waals surface area contributed by atoms with Crippen LogP contribution in [-0.4, -0.2) is 16.7 Å². The third-order valence-electron chi connectivity index (χ3n) is 3.49. The fraction of sp³-hybridized carbons (Fsp3) is 0.125. The Labute approximate surface area is 116 Å². The maximum absolute atomic E-state index is 12.3. The molecule has 100 valence electrons. The van der Waals surface area contributed by atoms with Gasteiger partial charge in [0.2, 0.25) is 0 Å². The van der Waals surface area contributed by atoms with Crippen LogP contribution in [0.25, 0.3) is 0 Å². The van der Waals surface area contributed by atoms with Gasteiger partial charge in [-0.05, 0) is 24.6 Å². The van der Waals surface area contributed by atoms with E-state index in [9.17, 15) is 9.59 Å². The van der Waals surface area contributed by atoms with Crippen molar-refractivity contribution in [3.8, 4) is 0 Å². The molecule has 4 nitrogen and oxygen atoms in total. The number of aryl methyl sites for hydroxylation is 1. The Morgan fingerprint density at radius 1 is 1.00 bits per heavy atom. The number of rotatable bonds is 2. The monoisotopic (exact) mass is 266 g/mol. The lowest BCUT2D eigenvalue weighted by Gasteiger charge is -2.14. The normalized spacial score (nSPS) is 13.8. The number of hydrogen-bond donors (Lipinski definition) is 1. The van der Waals surface area contributed by atoms with Crippen molar-refractivity contribution >= 4 is 17.5 Å². The lowest BCUT2D eigenvalue weighted by atomic mass is 10.1. The molecule has 0 aliphatic carbocycles. The summed E-state index contributed by atoms with van der Waals surface area (Å²) in [6.45, 7) is 2.26. The molecule has 2 aromatic carbocycles. The average Bonchev–Trinajstić information content (AvgIpc) is 2.67. The van der Waals surface area contributed by atoms with Crippen LogP contribution in [0.5, 0.6) is 0 Å². The van der Waals surface area contributed by atoms with E-state index in [4.69, 9.17) is 5.73 Å². The Bertz CT molecular complexity index is 705. The summed E-state index contributed by atoms with van der Waals surface area (Å²) in [4.78, 5) is 25.8. The van der Waals surface area contributed by atoms with Gasteiger partial charge in [0.25, 0.3) is 11.8 Å². The minimum absolute atomic E-state index is 0.270. The molecular formula is C16H14N2O2. The molecule has 0 bridgehead atoms. The van der Waals surface area contributed by atoms with Crippen molar-refractivity contribution in [3.05, 3.63) is 64.7 Å². The van der Waals surface area contributed by atoms with Crippen molar-refractivity contribution in [2.75, 3.05) is 5.73 Å². The highest BCUT2D eigenvalue weighted by molar-refractivity contribution is 6.23. The molecule has 2 aromatic rings. The summed E-state index contributed by atoms with van der Waals surface area (Å²) in [5.74, 6) is -0.596. The van der Waals surface area contributed by atoms with Gasteiger partial charge in [0.05, 0.1) is 17.7 Å². The van der Waals surface area contributed by atoms with Crippen molar-refractivity contribution in [2.24, 2.45) is 0 Å². The summed E-state index contributed by atoms with van der Waals surface area (Å²) in [5, 5.41) is 0. The topological polar surface area (TPSA) is 63.4 Å². The third-order valence-corrected chi connectivity index (χ3v) is 3.49. The molecule has 0 spiro atoms. The van der Waals surface area contributed by atoms with Crippen LogP contribution >= 0.6 is 0 Å². The van der Waals surface area contributed by atoms with E-state index in [2.05, 4.69) is 0 Å².